The highest BCUT2D eigenvalue weighted by atomic mass is 16.6. The molecule has 1 saturated heterocycles. The molecule has 8 heteroatoms. The van der Waals surface area contributed by atoms with Gasteiger partial charge in [-0.15, -0.1) is 0 Å². The number of ether oxygens (including phenoxy) is 2. The van der Waals surface area contributed by atoms with Crippen molar-refractivity contribution < 1.29 is 19.1 Å². The Hall–Kier alpha value is -3.65. The zero-order valence-corrected chi connectivity index (χ0v) is 22.9. The molecule has 2 aromatic heterocycles. The van der Waals surface area contributed by atoms with E-state index in [9.17, 15) is 9.59 Å². The van der Waals surface area contributed by atoms with Gasteiger partial charge in [0.1, 0.15) is 17.4 Å². The van der Waals surface area contributed by atoms with Crippen molar-refractivity contribution in [3.8, 4) is 5.75 Å². The molecule has 1 N–H and O–H groups in total. The van der Waals surface area contributed by atoms with Crippen molar-refractivity contribution in [3.05, 3.63) is 83.7 Å². The van der Waals surface area contributed by atoms with Gasteiger partial charge in [0, 0.05) is 48.5 Å². The SMILES string of the molecule is COc1cc(C(=O)CC(C)(C)OC(=O)C2CC(c3cnccn3)C(c3cccnc3)N2)ccc1C(C)(C)C. The molecule has 3 aromatic rings. The second-order valence-corrected chi connectivity index (χ2v) is 11.4. The topological polar surface area (TPSA) is 103 Å². The molecule has 38 heavy (non-hydrogen) atoms. The Labute approximate surface area is 224 Å². The first-order chi connectivity index (χ1) is 18.0. The zero-order chi connectivity index (χ0) is 27.5. The van der Waals surface area contributed by atoms with Crippen LogP contribution in [0.1, 0.15) is 86.6 Å². The van der Waals surface area contributed by atoms with Crippen molar-refractivity contribution in [1.82, 2.24) is 20.3 Å². The number of hydrogen-bond acceptors (Lipinski definition) is 8. The Balaban J connectivity index is 1.47. The molecule has 0 radical (unpaired) electrons. The van der Waals surface area contributed by atoms with E-state index in [1.54, 1.807) is 58.0 Å². The zero-order valence-electron chi connectivity index (χ0n) is 22.9. The summed E-state index contributed by atoms with van der Waals surface area (Å²) in [4.78, 5) is 39.4. The van der Waals surface area contributed by atoms with Crippen LogP contribution in [0.4, 0.5) is 0 Å². The molecule has 4 rings (SSSR count). The van der Waals surface area contributed by atoms with Gasteiger partial charge in [-0.1, -0.05) is 39.0 Å². The van der Waals surface area contributed by atoms with Crippen molar-refractivity contribution in [1.29, 1.82) is 0 Å². The Bertz CT molecular complexity index is 1220. The first kappa shape index (κ1) is 27.4. The molecular weight excluding hydrogens is 480 g/mol. The van der Waals surface area contributed by atoms with Crippen LogP contribution in [0.25, 0.3) is 0 Å². The minimum Gasteiger partial charge on any atom is -0.496 e. The number of nitrogens with zero attached hydrogens (tertiary/aromatic N) is 3. The quantitative estimate of drug-likeness (QED) is 0.331. The van der Waals surface area contributed by atoms with Gasteiger partial charge in [-0.05, 0) is 48.9 Å². The fourth-order valence-electron chi connectivity index (χ4n) is 4.99. The normalized spacial score (nSPS) is 19.7. The molecule has 3 atom stereocenters. The predicted octanol–water partition coefficient (Wildman–Crippen LogP) is 4.96. The summed E-state index contributed by atoms with van der Waals surface area (Å²) in [5.74, 6) is 0.0733. The number of nitrogens with one attached hydrogen (secondary N) is 1. The van der Waals surface area contributed by atoms with Crippen LogP contribution in [0.3, 0.4) is 0 Å². The lowest BCUT2D eigenvalue weighted by molar-refractivity contribution is -0.158. The second kappa shape index (κ2) is 11.0. The number of carbonyl (C=O) groups is 2. The summed E-state index contributed by atoms with van der Waals surface area (Å²) in [5.41, 5.74) is 2.19. The van der Waals surface area contributed by atoms with E-state index in [0.29, 0.717) is 17.7 Å². The average Bonchev–Trinajstić information content (AvgIpc) is 3.34. The number of methoxy groups -OCH3 is 1. The minimum atomic E-state index is -1.000. The van der Waals surface area contributed by atoms with Crippen molar-refractivity contribution in [2.24, 2.45) is 0 Å². The summed E-state index contributed by atoms with van der Waals surface area (Å²) >= 11 is 0. The van der Waals surface area contributed by atoms with E-state index in [1.807, 2.05) is 24.3 Å². The Kier molecular flexibility index (Phi) is 7.92. The number of carbonyl (C=O) groups excluding carboxylic acids is 2. The summed E-state index contributed by atoms with van der Waals surface area (Å²) in [5, 5.41) is 3.41. The fraction of sp³-hybridized carbons (Fsp3) is 0.433. The number of Topliss-reactive ketones (excluding diaryl/α,β-unsaturated/α-hetero) is 1. The number of esters is 1. The van der Waals surface area contributed by atoms with Gasteiger partial charge in [-0.3, -0.25) is 29.9 Å². The third kappa shape index (κ3) is 6.25. The first-order valence-electron chi connectivity index (χ1n) is 12.8. The van der Waals surface area contributed by atoms with Gasteiger partial charge < -0.3 is 9.47 Å². The second-order valence-electron chi connectivity index (χ2n) is 11.4. The maximum atomic E-state index is 13.3. The third-order valence-electron chi connectivity index (χ3n) is 6.86. The molecule has 1 aliphatic rings. The standard InChI is InChI=1S/C30H36N4O4/c1-29(2,3)22-10-9-19(14-26(22)37-6)25(35)16-30(4,5)38-28(36)23-15-21(24-18-32-12-13-33-24)27(34-23)20-8-7-11-31-17-20/h7-14,17-18,21,23,27,34H,15-16H2,1-6H3. The highest BCUT2D eigenvalue weighted by Gasteiger charge is 2.42. The molecule has 0 saturated carbocycles. The maximum absolute atomic E-state index is 13.3. The summed E-state index contributed by atoms with van der Waals surface area (Å²) in [6.07, 6.45) is 9.05. The van der Waals surface area contributed by atoms with Crippen LogP contribution in [0, 0.1) is 0 Å². The van der Waals surface area contributed by atoms with E-state index < -0.39 is 17.6 Å². The van der Waals surface area contributed by atoms with Crippen LogP contribution >= 0.6 is 0 Å². The number of hydrogen-bond donors (Lipinski definition) is 1. The van der Waals surface area contributed by atoms with Gasteiger partial charge in [0.05, 0.1) is 19.2 Å². The predicted molar refractivity (Wildman–Crippen MR) is 144 cm³/mol. The van der Waals surface area contributed by atoms with Crippen molar-refractivity contribution in [2.75, 3.05) is 7.11 Å². The molecule has 0 amide bonds. The molecule has 1 fully saturated rings. The van der Waals surface area contributed by atoms with Crippen molar-refractivity contribution in [3.63, 3.8) is 0 Å². The summed E-state index contributed by atoms with van der Waals surface area (Å²) < 4.78 is 11.5. The number of aromatic nitrogens is 3. The molecule has 8 nitrogen and oxygen atoms in total. The van der Waals surface area contributed by atoms with Crippen LogP contribution < -0.4 is 10.1 Å². The Morgan fingerprint density at radius 1 is 1.03 bits per heavy atom. The third-order valence-corrected chi connectivity index (χ3v) is 6.86. The molecular formula is C30H36N4O4. The van der Waals surface area contributed by atoms with Gasteiger partial charge >= 0.3 is 5.97 Å². The molecule has 0 bridgehead atoms. The van der Waals surface area contributed by atoms with Gasteiger partial charge in [-0.2, -0.15) is 0 Å². The summed E-state index contributed by atoms with van der Waals surface area (Å²) in [7, 11) is 1.60. The lowest BCUT2D eigenvalue weighted by Gasteiger charge is -2.27. The van der Waals surface area contributed by atoms with E-state index in [0.717, 1.165) is 16.8 Å². The molecule has 1 aromatic carbocycles. The average molecular weight is 517 g/mol. The lowest BCUT2D eigenvalue weighted by atomic mass is 9.85. The molecule has 0 spiro atoms. The molecule has 1 aliphatic heterocycles. The largest absolute Gasteiger partial charge is 0.496 e. The van der Waals surface area contributed by atoms with E-state index in [-0.39, 0.29) is 29.6 Å². The minimum absolute atomic E-state index is 0.0447. The summed E-state index contributed by atoms with van der Waals surface area (Å²) in [6, 6.07) is 8.62. The van der Waals surface area contributed by atoms with Gasteiger partial charge in [0.2, 0.25) is 0 Å². The summed E-state index contributed by atoms with van der Waals surface area (Å²) in [6.45, 7) is 9.81. The fourth-order valence-corrected chi connectivity index (χ4v) is 4.99. The van der Waals surface area contributed by atoms with E-state index in [1.165, 1.54) is 0 Å². The van der Waals surface area contributed by atoms with E-state index >= 15 is 0 Å². The van der Waals surface area contributed by atoms with Crippen molar-refractivity contribution in [2.45, 2.75) is 76.5 Å². The highest BCUT2D eigenvalue weighted by molar-refractivity contribution is 5.97. The molecule has 3 heterocycles. The first-order valence-corrected chi connectivity index (χ1v) is 12.8. The van der Waals surface area contributed by atoms with Crippen LogP contribution in [0.15, 0.2) is 61.3 Å². The number of rotatable bonds is 8. The number of pyridine rings is 1. The molecule has 0 aliphatic carbocycles. The van der Waals surface area contributed by atoms with Crippen LogP contribution in [-0.4, -0.2) is 45.5 Å². The van der Waals surface area contributed by atoms with Gasteiger partial charge in [-0.25, -0.2) is 0 Å². The van der Waals surface area contributed by atoms with Crippen LogP contribution in [-0.2, 0) is 14.9 Å². The van der Waals surface area contributed by atoms with Gasteiger partial charge in [0.25, 0.3) is 0 Å². The smallest absolute Gasteiger partial charge is 0.323 e. The van der Waals surface area contributed by atoms with E-state index in [2.05, 4.69) is 41.0 Å². The highest BCUT2D eigenvalue weighted by Crippen LogP contribution is 2.40. The number of ketones is 1. The lowest BCUT2D eigenvalue weighted by Crippen LogP contribution is -2.40. The molecule has 200 valence electrons. The Morgan fingerprint density at radius 3 is 2.42 bits per heavy atom. The number of benzene rings is 1. The van der Waals surface area contributed by atoms with Crippen LogP contribution in [0.5, 0.6) is 5.75 Å². The van der Waals surface area contributed by atoms with Crippen LogP contribution in [0.2, 0.25) is 0 Å². The maximum Gasteiger partial charge on any atom is 0.323 e. The van der Waals surface area contributed by atoms with Crippen molar-refractivity contribution >= 4 is 11.8 Å². The van der Waals surface area contributed by atoms with E-state index in [4.69, 9.17) is 9.47 Å². The Morgan fingerprint density at radius 2 is 1.79 bits per heavy atom. The van der Waals surface area contributed by atoms with Gasteiger partial charge in [0.15, 0.2) is 5.78 Å². The molecule has 3 unspecified atom stereocenters. The monoisotopic (exact) mass is 516 g/mol.